The van der Waals surface area contributed by atoms with E-state index in [1.165, 1.54) is 16.0 Å². The predicted octanol–water partition coefficient (Wildman–Crippen LogP) is 0.595. The van der Waals surface area contributed by atoms with Crippen molar-refractivity contribution in [2.75, 3.05) is 0 Å². The van der Waals surface area contributed by atoms with E-state index in [1.807, 2.05) is 12.3 Å². The molecule has 0 aliphatic carbocycles. The van der Waals surface area contributed by atoms with E-state index < -0.39 is 0 Å². The Morgan fingerprint density at radius 2 is 2.57 bits per heavy atom. The van der Waals surface area contributed by atoms with E-state index >= 15 is 0 Å². The molecule has 0 aliphatic rings. The highest BCUT2D eigenvalue weighted by molar-refractivity contribution is 7.15. The van der Waals surface area contributed by atoms with Gasteiger partial charge in [0.15, 0.2) is 11.8 Å². The van der Waals surface area contributed by atoms with Crippen LogP contribution in [0.25, 0.3) is 15.9 Å². The Kier molecular flexibility index (Phi) is 1.89. The summed E-state index contributed by atoms with van der Waals surface area (Å²) in [5, 5.41) is 23.4. The van der Waals surface area contributed by atoms with Gasteiger partial charge in [0.25, 0.3) is 10.5 Å². The molecule has 2 aromatic heterocycles. The second kappa shape index (κ2) is 3.07. The molecular formula is C8H5N5S. The van der Waals surface area contributed by atoms with Crippen LogP contribution >= 0.6 is 11.3 Å². The maximum absolute atomic E-state index is 8.69. The van der Waals surface area contributed by atoms with E-state index in [0.29, 0.717) is 0 Å². The van der Waals surface area contributed by atoms with Crippen molar-refractivity contribution in [1.29, 1.82) is 5.26 Å². The topological polar surface area (TPSA) is 68.0 Å². The minimum absolute atomic E-state index is 0.0154. The summed E-state index contributed by atoms with van der Waals surface area (Å²) in [7, 11) is 0. The SMILES string of the molecule is Cc1c2scc[n+]2nn1C(=C=[N-])C#N. The van der Waals surface area contributed by atoms with Gasteiger partial charge >= 0.3 is 0 Å². The Hall–Kier alpha value is -1.96. The smallest absolute Gasteiger partial charge is 0.254 e. The Morgan fingerprint density at radius 3 is 3.14 bits per heavy atom. The van der Waals surface area contributed by atoms with Crippen LogP contribution in [0, 0.1) is 18.3 Å². The fourth-order valence-corrected chi connectivity index (χ4v) is 1.95. The monoisotopic (exact) mass is 203 g/mol. The molecule has 68 valence electrons. The highest BCUT2D eigenvalue weighted by atomic mass is 32.1. The van der Waals surface area contributed by atoms with E-state index in [4.69, 9.17) is 10.7 Å². The molecule has 0 unspecified atom stereocenters. The summed E-state index contributed by atoms with van der Waals surface area (Å²) in [5.74, 6) is 1.81. The van der Waals surface area contributed by atoms with Gasteiger partial charge < -0.3 is 5.41 Å². The lowest BCUT2D eigenvalue weighted by molar-refractivity contribution is -0.579. The Labute approximate surface area is 83.6 Å². The lowest BCUT2D eigenvalue weighted by Crippen LogP contribution is -2.20. The largest absolute Gasteiger partial charge is 0.759 e. The molecule has 2 heterocycles. The molecule has 2 aromatic rings. The maximum Gasteiger partial charge on any atom is 0.254 e. The molecule has 0 saturated heterocycles. The first-order chi connectivity index (χ1) is 6.77. The van der Waals surface area contributed by atoms with E-state index in [0.717, 1.165) is 10.5 Å². The Bertz CT molecular complexity index is 578. The van der Waals surface area contributed by atoms with Gasteiger partial charge in [0, 0.05) is 12.3 Å². The van der Waals surface area contributed by atoms with Gasteiger partial charge in [-0.2, -0.15) is 5.26 Å². The van der Waals surface area contributed by atoms with E-state index in [9.17, 15) is 0 Å². The zero-order chi connectivity index (χ0) is 10.1. The van der Waals surface area contributed by atoms with Crippen LogP contribution in [0.3, 0.4) is 0 Å². The number of aryl methyl sites for hydroxylation is 1. The molecule has 0 saturated carbocycles. The summed E-state index contributed by atoms with van der Waals surface area (Å²) >= 11 is 1.52. The van der Waals surface area contributed by atoms with E-state index in [1.54, 1.807) is 22.7 Å². The lowest BCUT2D eigenvalue weighted by atomic mass is 10.4. The molecule has 2 rings (SSSR count). The highest BCUT2D eigenvalue weighted by Gasteiger charge is 2.19. The standard InChI is InChI=1S/C8H5N5S/c1-6-8-12(2-3-14-8)11-13(6)7(4-9)5-10/h2-3H,1H3. The van der Waals surface area contributed by atoms with Crippen LogP contribution in [-0.2, 0) is 0 Å². The molecule has 0 aromatic carbocycles. The molecule has 5 nitrogen and oxygen atoms in total. The molecule has 0 atom stereocenters. The summed E-state index contributed by atoms with van der Waals surface area (Å²) in [5.41, 5.74) is 0.788. The third-order valence-corrected chi connectivity index (χ3v) is 2.79. The number of thiazole rings is 1. The maximum atomic E-state index is 8.69. The van der Waals surface area contributed by atoms with Crippen LogP contribution in [-0.4, -0.2) is 15.8 Å². The van der Waals surface area contributed by atoms with Crippen LogP contribution in [0.15, 0.2) is 11.6 Å². The van der Waals surface area contributed by atoms with Crippen molar-refractivity contribution in [3.63, 3.8) is 0 Å². The molecule has 0 bridgehead atoms. The average molecular weight is 203 g/mol. The summed E-state index contributed by atoms with van der Waals surface area (Å²) in [6.45, 7) is 1.83. The molecule has 0 fully saturated rings. The van der Waals surface area contributed by atoms with Crippen molar-refractivity contribution in [2.45, 2.75) is 6.92 Å². The second-order valence-corrected chi connectivity index (χ2v) is 3.51. The van der Waals surface area contributed by atoms with Gasteiger partial charge in [-0.25, -0.2) is 5.87 Å². The number of hydrogen-bond donors (Lipinski definition) is 0. The summed E-state index contributed by atoms with van der Waals surface area (Å²) < 4.78 is 3.00. The molecule has 0 aliphatic heterocycles. The number of fused-ring (bicyclic) bond motifs is 1. The quantitative estimate of drug-likeness (QED) is 0.387. The zero-order valence-corrected chi connectivity index (χ0v) is 8.12. The zero-order valence-electron chi connectivity index (χ0n) is 7.30. The van der Waals surface area contributed by atoms with Crippen LogP contribution in [0.1, 0.15) is 5.69 Å². The molecule has 0 radical (unpaired) electrons. The van der Waals surface area contributed by atoms with Crippen molar-refractivity contribution >= 4 is 27.7 Å². The van der Waals surface area contributed by atoms with Crippen LogP contribution < -0.4 is 4.52 Å². The fraction of sp³-hybridized carbons (Fsp3) is 0.125. The first-order valence-electron chi connectivity index (χ1n) is 3.80. The number of allylic oxidation sites excluding steroid dienone is 1. The molecule has 14 heavy (non-hydrogen) atoms. The summed E-state index contributed by atoms with van der Waals surface area (Å²) in [6.07, 6.45) is 1.79. The first kappa shape index (κ1) is 8.63. The molecule has 6 heteroatoms. The van der Waals surface area contributed by atoms with E-state index in [-0.39, 0.29) is 5.70 Å². The van der Waals surface area contributed by atoms with Crippen molar-refractivity contribution < 1.29 is 4.52 Å². The number of rotatable bonds is 1. The number of nitrogens with zero attached hydrogens (tertiary/aromatic N) is 5. The van der Waals surface area contributed by atoms with Gasteiger partial charge in [0.2, 0.25) is 0 Å². The normalized spacial score (nSPS) is 9.71. The first-order valence-corrected chi connectivity index (χ1v) is 4.68. The molecule has 0 amide bonds. The van der Waals surface area contributed by atoms with Crippen molar-refractivity contribution in [3.05, 3.63) is 22.7 Å². The van der Waals surface area contributed by atoms with Crippen LogP contribution in [0.2, 0.25) is 0 Å². The Balaban J connectivity index is 2.76. The van der Waals surface area contributed by atoms with Gasteiger partial charge in [0.05, 0.1) is 0 Å². The van der Waals surface area contributed by atoms with Crippen LogP contribution in [0.5, 0.6) is 0 Å². The molecule has 0 spiro atoms. The van der Waals surface area contributed by atoms with Gasteiger partial charge in [-0.1, -0.05) is 20.5 Å². The van der Waals surface area contributed by atoms with Gasteiger partial charge in [-0.3, -0.25) is 0 Å². The van der Waals surface area contributed by atoms with Gasteiger partial charge in [-0.15, -0.1) is 0 Å². The predicted molar refractivity (Wildman–Crippen MR) is 51.7 cm³/mol. The summed E-state index contributed by atoms with van der Waals surface area (Å²) in [6, 6.07) is 1.81. The van der Waals surface area contributed by atoms with Gasteiger partial charge in [0.1, 0.15) is 11.4 Å². The lowest BCUT2D eigenvalue weighted by Gasteiger charge is -1.87. The van der Waals surface area contributed by atoms with Gasteiger partial charge in [-0.05, 0) is 0 Å². The van der Waals surface area contributed by atoms with Crippen molar-refractivity contribution in [3.8, 4) is 6.07 Å². The number of hydrogen-bond acceptors (Lipinski definition) is 3. The highest BCUT2D eigenvalue weighted by Crippen LogP contribution is 2.12. The minimum Gasteiger partial charge on any atom is -0.759 e. The van der Waals surface area contributed by atoms with Crippen molar-refractivity contribution in [2.24, 2.45) is 0 Å². The van der Waals surface area contributed by atoms with Crippen molar-refractivity contribution in [1.82, 2.24) is 9.90 Å². The third-order valence-electron chi connectivity index (χ3n) is 1.83. The van der Waals surface area contributed by atoms with E-state index in [2.05, 4.69) is 5.21 Å². The fourth-order valence-electron chi connectivity index (χ4n) is 1.18. The third kappa shape index (κ3) is 1.04. The average Bonchev–Trinajstić information content (AvgIpc) is 2.74. The minimum atomic E-state index is -0.0154. The second-order valence-electron chi connectivity index (χ2n) is 2.61. The molecular weight excluding hydrogens is 198 g/mol. The summed E-state index contributed by atoms with van der Waals surface area (Å²) in [4.78, 5) is 0.938. The number of aromatic nitrogens is 3. The Morgan fingerprint density at radius 1 is 1.79 bits per heavy atom. The van der Waals surface area contributed by atoms with Crippen LogP contribution in [0.4, 0.5) is 0 Å². The number of nitriles is 1. The molecule has 0 N–H and O–H groups in total.